The molecule has 0 radical (unpaired) electrons. The van der Waals surface area contributed by atoms with E-state index in [0.29, 0.717) is 50.5 Å². The molecule has 192 valence electrons. The predicted molar refractivity (Wildman–Crippen MR) is 141 cm³/mol. The van der Waals surface area contributed by atoms with Gasteiger partial charge in [0.2, 0.25) is 11.8 Å². The van der Waals surface area contributed by atoms with Crippen LogP contribution in [0.4, 0.5) is 0 Å². The molecule has 1 atom stereocenters. The summed E-state index contributed by atoms with van der Waals surface area (Å²) in [5.41, 5.74) is 2.76. The van der Waals surface area contributed by atoms with E-state index in [2.05, 4.69) is 11.4 Å². The van der Waals surface area contributed by atoms with Crippen molar-refractivity contribution in [3.63, 3.8) is 0 Å². The van der Waals surface area contributed by atoms with Crippen molar-refractivity contribution in [1.29, 1.82) is 0 Å². The van der Waals surface area contributed by atoms with Crippen molar-refractivity contribution in [2.45, 2.75) is 85.9 Å². The zero-order chi connectivity index (χ0) is 26.0. The molecule has 0 aliphatic carbocycles. The van der Waals surface area contributed by atoms with Crippen LogP contribution in [0.5, 0.6) is 11.5 Å². The molecule has 0 aliphatic rings. The van der Waals surface area contributed by atoms with Gasteiger partial charge in [-0.2, -0.15) is 0 Å². The Morgan fingerprint density at radius 2 is 1.63 bits per heavy atom. The van der Waals surface area contributed by atoms with Crippen molar-refractivity contribution >= 4 is 11.8 Å². The van der Waals surface area contributed by atoms with Gasteiger partial charge in [-0.05, 0) is 77.6 Å². The Bertz CT molecular complexity index is 981. The van der Waals surface area contributed by atoms with Gasteiger partial charge < -0.3 is 19.7 Å². The normalized spacial score (nSPS) is 12.1. The number of hydrogen-bond donors (Lipinski definition) is 1. The summed E-state index contributed by atoms with van der Waals surface area (Å²) in [5, 5.41) is 3.05. The number of aryl methyl sites for hydroxylation is 2. The van der Waals surface area contributed by atoms with E-state index in [1.54, 1.807) is 4.90 Å². The summed E-state index contributed by atoms with van der Waals surface area (Å²) < 4.78 is 11.4. The minimum absolute atomic E-state index is 0.0470. The Morgan fingerprint density at radius 1 is 0.943 bits per heavy atom. The maximum Gasteiger partial charge on any atom is 0.243 e. The summed E-state index contributed by atoms with van der Waals surface area (Å²) in [7, 11) is 0. The molecule has 6 nitrogen and oxygen atoms in total. The average Bonchev–Trinajstić information content (AvgIpc) is 2.78. The fraction of sp³-hybridized carbons (Fsp3) is 0.517. The Morgan fingerprint density at radius 3 is 2.23 bits per heavy atom. The van der Waals surface area contributed by atoms with E-state index < -0.39 is 6.04 Å². The molecule has 0 spiro atoms. The summed E-state index contributed by atoms with van der Waals surface area (Å²) in [4.78, 5) is 28.4. The Labute approximate surface area is 211 Å². The molecule has 0 bridgehead atoms. The lowest BCUT2D eigenvalue weighted by molar-refractivity contribution is -0.142. The van der Waals surface area contributed by atoms with Gasteiger partial charge in [-0.3, -0.25) is 9.59 Å². The standard InChI is InChI=1S/C29H42N2O4/c1-8-24(28(33)30-29(5,6)7)31(20-23-13-11-12-21(4)18-23)27(32)17-15-22-14-16-25(34-9-2)26(19-22)35-10-3/h11-14,16,18-19,24H,8-10,15,17,20H2,1-7H3,(H,30,33)/t24-/m0/s1. The largest absolute Gasteiger partial charge is 0.490 e. The fourth-order valence-corrected chi connectivity index (χ4v) is 4.03. The van der Waals surface area contributed by atoms with E-state index in [-0.39, 0.29) is 17.4 Å². The van der Waals surface area contributed by atoms with E-state index in [9.17, 15) is 9.59 Å². The van der Waals surface area contributed by atoms with Crippen molar-refractivity contribution in [3.8, 4) is 11.5 Å². The topological polar surface area (TPSA) is 67.9 Å². The first-order chi connectivity index (χ1) is 16.6. The highest BCUT2D eigenvalue weighted by Crippen LogP contribution is 2.29. The number of carbonyl (C=O) groups excluding carboxylic acids is 2. The van der Waals surface area contributed by atoms with Crippen molar-refractivity contribution in [2.75, 3.05) is 13.2 Å². The smallest absolute Gasteiger partial charge is 0.243 e. The molecule has 0 aliphatic heterocycles. The second kappa shape index (κ2) is 13.2. The third kappa shape index (κ3) is 8.93. The second-order valence-corrected chi connectivity index (χ2v) is 9.82. The first-order valence-corrected chi connectivity index (χ1v) is 12.6. The molecule has 0 saturated carbocycles. The second-order valence-electron chi connectivity index (χ2n) is 9.82. The van der Waals surface area contributed by atoms with Crippen LogP contribution in [-0.2, 0) is 22.6 Å². The van der Waals surface area contributed by atoms with Crippen molar-refractivity contribution in [2.24, 2.45) is 0 Å². The van der Waals surface area contributed by atoms with E-state index in [1.165, 1.54) is 0 Å². The zero-order valence-corrected chi connectivity index (χ0v) is 22.4. The number of ether oxygens (including phenoxy) is 2. The minimum atomic E-state index is -0.540. The molecule has 0 fully saturated rings. The molecular formula is C29H42N2O4. The monoisotopic (exact) mass is 482 g/mol. The van der Waals surface area contributed by atoms with Crippen LogP contribution in [0.3, 0.4) is 0 Å². The average molecular weight is 483 g/mol. The van der Waals surface area contributed by atoms with E-state index >= 15 is 0 Å². The lowest BCUT2D eigenvalue weighted by Crippen LogP contribution is -2.53. The van der Waals surface area contributed by atoms with Gasteiger partial charge in [0.05, 0.1) is 13.2 Å². The SMILES string of the molecule is CCOc1ccc(CCC(=O)N(Cc2cccc(C)c2)[C@@H](CC)C(=O)NC(C)(C)C)cc1OCC. The highest BCUT2D eigenvalue weighted by Gasteiger charge is 2.30. The van der Waals surface area contributed by atoms with E-state index in [1.807, 2.05) is 84.9 Å². The predicted octanol–water partition coefficient (Wildman–Crippen LogP) is 5.45. The number of amides is 2. The highest BCUT2D eigenvalue weighted by atomic mass is 16.5. The summed E-state index contributed by atoms with van der Waals surface area (Å²) >= 11 is 0. The molecule has 2 aromatic rings. The molecule has 0 unspecified atom stereocenters. The molecule has 35 heavy (non-hydrogen) atoms. The summed E-state index contributed by atoms with van der Waals surface area (Å²) in [6.07, 6.45) is 1.38. The summed E-state index contributed by atoms with van der Waals surface area (Å²) in [6, 6.07) is 13.3. The Kier molecular flexibility index (Phi) is 10.6. The number of carbonyl (C=O) groups is 2. The first-order valence-electron chi connectivity index (χ1n) is 12.6. The highest BCUT2D eigenvalue weighted by molar-refractivity contribution is 5.88. The van der Waals surface area contributed by atoms with Gasteiger partial charge in [-0.1, -0.05) is 42.8 Å². The third-order valence-corrected chi connectivity index (χ3v) is 5.55. The summed E-state index contributed by atoms with van der Waals surface area (Å²) in [5.74, 6) is 1.22. The Balaban J connectivity index is 2.25. The molecule has 6 heteroatoms. The van der Waals surface area contributed by atoms with Crippen molar-refractivity contribution in [3.05, 3.63) is 59.2 Å². The van der Waals surface area contributed by atoms with Gasteiger partial charge in [0.15, 0.2) is 11.5 Å². The molecule has 1 N–H and O–H groups in total. The maximum atomic E-state index is 13.5. The van der Waals surface area contributed by atoms with Crippen LogP contribution in [0, 0.1) is 6.92 Å². The number of rotatable bonds is 12. The fourth-order valence-electron chi connectivity index (χ4n) is 4.03. The van der Waals surface area contributed by atoms with Crippen LogP contribution >= 0.6 is 0 Å². The number of nitrogens with zero attached hydrogens (tertiary/aromatic N) is 1. The van der Waals surface area contributed by atoms with Crippen LogP contribution in [0.2, 0.25) is 0 Å². The van der Waals surface area contributed by atoms with Crippen LogP contribution in [0.15, 0.2) is 42.5 Å². The van der Waals surface area contributed by atoms with Gasteiger partial charge in [-0.15, -0.1) is 0 Å². The van der Waals surface area contributed by atoms with Crippen molar-refractivity contribution in [1.82, 2.24) is 10.2 Å². The van der Waals surface area contributed by atoms with Crippen molar-refractivity contribution < 1.29 is 19.1 Å². The third-order valence-electron chi connectivity index (χ3n) is 5.55. The van der Waals surface area contributed by atoms with Crippen LogP contribution < -0.4 is 14.8 Å². The lowest BCUT2D eigenvalue weighted by Gasteiger charge is -2.33. The van der Waals surface area contributed by atoms with Gasteiger partial charge >= 0.3 is 0 Å². The van der Waals surface area contributed by atoms with Crippen LogP contribution in [-0.4, -0.2) is 41.5 Å². The summed E-state index contributed by atoms with van der Waals surface area (Å²) in [6.45, 7) is 15.2. The molecule has 2 rings (SSSR count). The number of benzene rings is 2. The Hall–Kier alpha value is -3.02. The van der Waals surface area contributed by atoms with Gasteiger partial charge in [-0.25, -0.2) is 0 Å². The minimum Gasteiger partial charge on any atom is -0.490 e. The number of hydrogen-bond acceptors (Lipinski definition) is 4. The van der Waals surface area contributed by atoms with Crippen LogP contribution in [0.1, 0.15) is 71.1 Å². The van der Waals surface area contributed by atoms with Gasteiger partial charge in [0, 0.05) is 18.5 Å². The molecule has 2 amide bonds. The molecule has 0 heterocycles. The van der Waals surface area contributed by atoms with E-state index in [0.717, 1.165) is 16.7 Å². The maximum absolute atomic E-state index is 13.5. The zero-order valence-electron chi connectivity index (χ0n) is 22.4. The van der Waals surface area contributed by atoms with Crippen LogP contribution in [0.25, 0.3) is 0 Å². The number of nitrogens with one attached hydrogen (secondary N) is 1. The first kappa shape index (κ1) is 28.2. The van der Waals surface area contributed by atoms with Gasteiger partial charge in [0.25, 0.3) is 0 Å². The molecular weight excluding hydrogens is 440 g/mol. The van der Waals surface area contributed by atoms with Gasteiger partial charge in [0.1, 0.15) is 6.04 Å². The lowest BCUT2D eigenvalue weighted by atomic mass is 10.0. The molecule has 0 aromatic heterocycles. The van der Waals surface area contributed by atoms with E-state index in [4.69, 9.17) is 9.47 Å². The molecule has 2 aromatic carbocycles. The molecule has 0 saturated heterocycles. The quantitative estimate of drug-likeness (QED) is 0.437.